The van der Waals surface area contributed by atoms with Crippen LogP contribution in [-0.2, 0) is 10.0 Å². The van der Waals surface area contributed by atoms with Gasteiger partial charge in [0, 0.05) is 22.8 Å². The number of hydrogen-bond donors (Lipinski definition) is 2. The van der Waals surface area contributed by atoms with Gasteiger partial charge in [0.25, 0.3) is 15.9 Å². The quantitative estimate of drug-likeness (QED) is 0.513. The van der Waals surface area contributed by atoms with E-state index >= 15 is 0 Å². The number of aromatic nitrogens is 1. The second kappa shape index (κ2) is 7.41. The highest BCUT2D eigenvalue weighted by atomic mass is 32.2. The number of nitrogens with one attached hydrogen (secondary N) is 2. The van der Waals surface area contributed by atoms with Crippen LogP contribution in [0.2, 0.25) is 0 Å². The minimum atomic E-state index is -3.74. The van der Waals surface area contributed by atoms with Crippen LogP contribution >= 0.6 is 11.3 Å². The molecule has 0 bridgehead atoms. The average Bonchev–Trinajstić information content (AvgIpc) is 3.21. The number of fused-ring (bicyclic) bond motifs is 1. The first kappa shape index (κ1) is 18.1. The Bertz CT molecular complexity index is 1240. The first-order chi connectivity index (χ1) is 13.5. The normalized spacial score (nSPS) is 11.3. The van der Waals surface area contributed by atoms with Crippen LogP contribution in [0.5, 0.6) is 0 Å². The molecule has 140 valence electrons. The van der Waals surface area contributed by atoms with E-state index in [4.69, 9.17) is 0 Å². The monoisotopic (exact) mass is 409 g/mol. The summed E-state index contributed by atoms with van der Waals surface area (Å²) >= 11 is 1.32. The molecule has 0 aliphatic heterocycles. The first-order valence-electron chi connectivity index (χ1n) is 8.34. The van der Waals surface area contributed by atoms with Crippen LogP contribution in [0.4, 0.5) is 10.8 Å². The van der Waals surface area contributed by atoms with Crippen molar-refractivity contribution in [2.45, 2.75) is 4.90 Å². The Kier molecular flexibility index (Phi) is 4.81. The number of sulfonamides is 1. The van der Waals surface area contributed by atoms with Gasteiger partial charge in [-0.05, 0) is 47.2 Å². The van der Waals surface area contributed by atoms with Gasteiger partial charge in [0.05, 0.1) is 4.90 Å². The fourth-order valence-corrected chi connectivity index (χ4v) is 4.31. The van der Waals surface area contributed by atoms with Gasteiger partial charge in [-0.2, -0.15) is 0 Å². The summed E-state index contributed by atoms with van der Waals surface area (Å²) in [5, 5.41) is 6.76. The highest BCUT2D eigenvalue weighted by Gasteiger charge is 2.15. The molecule has 1 amide bonds. The molecule has 0 spiro atoms. The molecule has 8 heteroatoms. The third kappa shape index (κ3) is 3.88. The Hall–Kier alpha value is -3.23. The van der Waals surface area contributed by atoms with Gasteiger partial charge in [0.1, 0.15) is 0 Å². The van der Waals surface area contributed by atoms with Crippen molar-refractivity contribution in [2.75, 3.05) is 10.0 Å². The van der Waals surface area contributed by atoms with E-state index in [1.807, 2.05) is 24.3 Å². The fourth-order valence-electron chi connectivity index (χ4n) is 2.69. The van der Waals surface area contributed by atoms with E-state index < -0.39 is 10.0 Å². The molecule has 0 unspecified atom stereocenters. The minimum Gasteiger partial charge on any atom is -0.298 e. The third-order valence-electron chi connectivity index (χ3n) is 4.08. The topological polar surface area (TPSA) is 88.2 Å². The van der Waals surface area contributed by atoms with Crippen molar-refractivity contribution < 1.29 is 13.2 Å². The van der Waals surface area contributed by atoms with Gasteiger partial charge in [-0.15, -0.1) is 11.3 Å². The van der Waals surface area contributed by atoms with Crippen LogP contribution in [0.15, 0.2) is 83.2 Å². The van der Waals surface area contributed by atoms with Gasteiger partial charge in [0.2, 0.25) is 0 Å². The third-order valence-corrected chi connectivity index (χ3v) is 6.15. The standard InChI is InChI=1S/C20H15N3O3S2/c24-19(22-20-21-11-12-27-20)15-5-8-17(9-6-15)23-28(25,26)18-10-7-14-3-1-2-4-16(14)13-18/h1-13,23H,(H,21,22,24). The van der Waals surface area contributed by atoms with Crippen LogP contribution < -0.4 is 10.0 Å². The van der Waals surface area contributed by atoms with Crippen molar-refractivity contribution in [1.82, 2.24) is 4.98 Å². The maximum absolute atomic E-state index is 12.7. The molecule has 6 nitrogen and oxygen atoms in total. The number of nitrogens with zero attached hydrogens (tertiary/aromatic N) is 1. The van der Waals surface area contributed by atoms with E-state index in [1.165, 1.54) is 11.3 Å². The number of carbonyl (C=O) groups excluding carboxylic acids is 1. The lowest BCUT2D eigenvalue weighted by atomic mass is 10.1. The molecule has 1 heterocycles. The molecule has 2 N–H and O–H groups in total. The van der Waals surface area contributed by atoms with Crippen molar-refractivity contribution in [3.8, 4) is 0 Å². The zero-order valence-corrected chi connectivity index (χ0v) is 16.1. The lowest BCUT2D eigenvalue weighted by Gasteiger charge is -2.10. The highest BCUT2D eigenvalue weighted by molar-refractivity contribution is 7.92. The molecule has 0 atom stereocenters. The van der Waals surface area contributed by atoms with E-state index in [0.717, 1.165) is 10.8 Å². The Morgan fingerprint density at radius 3 is 2.39 bits per heavy atom. The summed E-state index contributed by atoms with van der Waals surface area (Å²) in [6.07, 6.45) is 1.60. The van der Waals surface area contributed by atoms with Crippen molar-refractivity contribution >= 4 is 48.9 Å². The van der Waals surface area contributed by atoms with Crippen LogP contribution in [-0.4, -0.2) is 19.3 Å². The van der Waals surface area contributed by atoms with Gasteiger partial charge in [-0.1, -0.05) is 30.3 Å². The summed E-state index contributed by atoms with van der Waals surface area (Å²) in [6, 6.07) is 18.7. The largest absolute Gasteiger partial charge is 0.298 e. The van der Waals surface area contributed by atoms with Crippen LogP contribution in [0.3, 0.4) is 0 Å². The number of amides is 1. The summed E-state index contributed by atoms with van der Waals surface area (Å²) in [5.41, 5.74) is 0.780. The van der Waals surface area contributed by atoms with Crippen molar-refractivity contribution in [3.05, 3.63) is 83.9 Å². The minimum absolute atomic E-state index is 0.178. The summed E-state index contributed by atoms with van der Waals surface area (Å²) in [6.45, 7) is 0. The molecule has 1 aromatic heterocycles. The summed E-state index contributed by atoms with van der Waals surface area (Å²) in [7, 11) is -3.74. The van der Waals surface area contributed by atoms with Crippen LogP contribution in [0.1, 0.15) is 10.4 Å². The molecule has 4 aromatic rings. The molecule has 0 aliphatic carbocycles. The number of rotatable bonds is 5. The van der Waals surface area contributed by atoms with Gasteiger partial charge in [-0.25, -0.2) is 13.4 Å². The Balaban J connectivity index is 1.51. The summed E-state index contributed by atoms with van der Waals surface area (Å²) < 4.78 is 27.9. The highest BCUT2D eigenvalue weighted by Crippen LogP contribution is 2.22. The predicted molar refractivity (Wildman–Crippen MR) is 111 cm³/mol. The average molecular weight is 409 g/mol. The van der Waals surface area contributed by atoms with E-state index in [-0.39, 0.29) is 10.8 Å². The zero-order valence-electron chi connectivity index (χ0n) is 14.5. The van der Waals surface area contributed by atoms with Crippen molar-refractivity contribution in [3.63, 3.8) is 0 Å². The van der Waals surface area contributed by atoms with E-state index in [2.05, 4.69) is 15.0 Å². The summed E-state index contributed by atoms with van der Waals surface area (Å²) in [4.78, 5) is 16.3. The van der Waals surface area contributed by atoms with Crippen LogP contribution in [0, 0.1) is 0 Å². The number of thiazole rings is 1. The molecule has 0 saturated carbocycles. The molecule has 3 aromatic carbocycles. The maximum Gasteiger partial charge on any atom is 0.261 e. The van der Waals surface area contributed by atoms with E-state index in [1.54, 1.807) is 54.0 Å². The Labute approximate surface area is 165 Å². The fraction of sp³-hybridized carbons (Fsp3) is 0. The van der Waals surface area contributed by atoms with Gasteiger partial charge in [-0.3, -0.25) is 14.8 Å². The summed E-state index contributed by atoms with van der Waals surface area (Å²) in [5.74, 6) is -0.307. The van der Waals surface area contributed by atoms with Gasteiger partial charge < -0.3 is 0 Å². The molecule has 28 heavy (non-hydrogen) atoms. The van der Waals surface area contributed by atoms with Gasteiger partial charge in [0.15, 0.2) is 5.13 Å². The van der Waals surface area contributed by atoms with E-state index in [0.29, 0.717) is 16.4 Å². The molecule has 0 radical (unpaired) electrons. The lowest BCUT2D eigenvalue weighted by Crippen LogP contribution is -2.14. The molecular weight excluding hydrogens is 394 g/mol. The predicted octanol–water partition coefficient (Wildman–Crippen LogP) is 4.35. The SMILES string of the molecule is O=C(Nc1nccs1)c1ccc(NS(=O)(=O)c2ccc3ccccc3c2)cc1. The number of carbonyl (C=O) groups is 1. The van der Waals surface area contributed by atoms with Crippen LogP contribution in [0.25, 0.3) is 10.8 Å². The molecule has 4 rings (SSSR count). The Morgan fingerprint density at radius 2 is 1.68 bits per heavy atom. The zero-order chi connectivity index (χ0) is 19.6. The molecular formula is C20H15N3O3S2. The number of anilines is 2. The smallest absolute Gasteiger partial charge is 0.261 e. The first-order valence-corrected chi connectivity index (χ1v) is 10.7. The number of hydrogen-bond acceptors (Lipinski definition) is 5. The second-order valence-corrected chi connectivity index (χ2v) is 8.56. The maximum atomic E-state index is 12.7. The number of benzene rings is 3. The van der Waals surface area contributed by atoms with E-state index in [9.17, 15) is 13.2 Å². The second-order valence-electron chi connectivity index (χ2n) is 5.98. The molecule has 0 fully saturated rings. The Morgan fingerprint density at radius 1 is 0.929 bits per heavy atom. The van der Waals surface area contributed by atoms with Gasteiger partial charge >= 0.3 is 0 Å². The molecule has 0 aliphatic rings. The molecule has 0 saturated heterocycles. The van der Waals surface area contributed by atoms with Crippen molar-refractivity contribution in [1.29, 1.82) is 0 Å². The lowest BCUT2D eigenvalue weighted by molar-refractivity contribution is 0.102. The van der Waals surface area contributed by atoms with Crippen molar-refractivity contribution in [2.24, 2.45) is 0 Å².